The van der Waals surface area contributed by atoms with Gasteiger partial charge in [0.1, 0.15) is 5.82 Å². The Morgan fingerprint density at radius 1 is 1.06 bits per heavy atom. The molecule has 8 heteroatoms. The van der Waals surface area contributed by atoms with E-state index >= 15 is 0 Å². The summed E-state index contributed by atoms with van der Waals surface area (Å²) in [6, 6.07) is 10.9. The van der Waals surface area contributed by atoms with Gasteiger partial charge in [0.25, 0.3) is 0 Å². The zero-order valence-electron chi connectivity index (χ0n) is 16.7. The van der Waals surface area contributed by atoms with Crippen LogP contribution in [0.2, 0.25) is 0 Å². The number of thioether (sulfide) groups is 1. The molecule has 0 N–H and O–H groups in total. The Balaban J connectivity index is 1.21. The number of rotatable bonds is 5. The summed E-state index contributed by atoms with van der Waals surface area (Å²) in [5.74, 6) is -0.561. The predicted molar refractivity (Wildman–Crippen MR) is 121 cm³/mol. The molecular formula is C24H17FN2O3S2. The fourth-order valence-corrected chi connectivity index (χ4v) is 7.09. The number of hydrogen-bond acceptors (Lipinski definition) is 6. The first-order valence-electron chi connectivity index (χ1n) is 10.4. The lowest BCUT2D eigenvalue weighted by molar-refractivity contribution is -0.123. The Hall–Kier alpha value is -2.84. The summed E-state index contributed by atoms with van der Waals surface area (Å²) in [7, 11) is 0. The van der Waals surface area contributed by atoms with Crippen molar-refractivity contribution in [1.82, 2.24) is 4.98 Å². The van der Waals surface area contributed by atoms with Crippen LogP contribution in [0, 0.1) is 29.5 Å². The van der Waals surface area contributed by atoms with Crippen molar-refractivity contribution in [3.8, 4) is 0 Å². The molecule has 0 unspecified atom stereocenters. The van der Waals surface area contributed by atoms with E-state index in [1.54, 1.807) is 6.07 Å². The molecule has 1 aliphatic heterocycles. The van der Waals surface area contributed by atoms with Gasteiger partial charge in [0, 0.05) is 5.56 Å². The van der Waals surface area contributed by atoms with Crippen LogP contribution in [0.25, 0.3) is 10.2 Å². The minimum absolute atomic E-state index is 0.0970. The van der Waals surface area contributed by atoms with Gasteiger partial charge >= 0.3 is 0 Å². The lowest BCUT2D eigenvalue weighted by Crippen LogP contribution is -2.32. The van der Waals surface area contributed by atoms with Crippen molar-refractivity contribution < 1.29 is 18.8 Å². The number of nitrogens with zero attached hydrogens (tertiary/aromatic N) is 2. The first kappa shape index (κ1) is 19.8. The summed E-state index contributed by atoms with van der Waals surface area (Å²) in [6.07, 6.45) is 5.08. The number of Topliss-reactive ketones (excluding diaryl/α,β-unsaturated/α-hetero) is 1. The standard InChI is InChI=1S/C24H17FN2O3S2/c25-15-5-3-12(4-6-15)18(28)11-31-24-26-17-8-7-16(10-19(17)32-24)27-22(29)20-13-1-2-14(9-13)21(20)23(27)30/h1-8,10,13-14,20-21H,9,11H2/t13-,14-,20+,21+/m0/s1. The topological polar surface area (TPSA) is 67.3 Å². The molecule has 2 bridgehead atoms. The molecule has 0 spiro atoms. The minimum atomic E-state index is -0.376. The van der Waals surface area contributed by atoms with Gasteiger partial charge in [0.15, 0.2) is 10.1 Å². The summed E-state index contributed by atoms with van der Waals surface area (Å²) in [4.78, 5) is 44.4. The number of benzene rings is 2. The molecule has 2 heterocycles. The normalized spacial score (nSPS) is 25.8. The summed E-state index contributed by atoms with van der Waals surface area (Å²) < 4.78 is 14.6. The van der Waals surface area contributed by atoms with Crippen LogP contribution in [0.5, 0.6) is 0 Å². The highest BCUT2D eigenvalue weighted by atomic mass is 32.2. The molecule has 2 amide bonds. The molecular weight excluding hydrogens is 447 g/mol. The van der Waals surface area contributed by atoms with Crippen LogP contribution in [0.3, 0.4) is 0 Å². The second kappa shape index (κ2) is 7.35. The maximum atomic E-state index is 13.1. The van der Waals surface area contributed by atoms with Crippen LogP contribution in [0.4, 0.5) is 10.1 Å². The molecule has 2 fully saturated rings. The number of aromatic nitrogens is 1. The number of hydrogen-bond donors (Lipinski definition) is 0. The molecule has 1 saturated carbocycles. The van der Waals surface area contributed by atoms with Crippen LogP contribution in [-0.4, -0.2) is 28.3 Å². The van der Waals surface area contributed by atoms with E-state index in [0.29, 0.717) is 11.3 Å². The van der Waals surface area contributed by atoms with Gasteiger partial charge in [-0.2, -0.15) is 0 Å². The second-order valence-corrected chi connectivity index (χ2v) is 10.6. The van der Waals surface area contributed by atoms with Crippen LogP contribution < -0.4 is 4.90 Å². The lowest BCUT2D eigenvalue weighted by atomic mass is 9.85. The maximum Gasteiger partial charge on any atom is 0.238 e. The SMILES string of the molecule is O=C(CSc1nc2ccc(N3C(=O)[C@H]4[C@H](C3=O)[C@H]3C=C[C@H]4C3)cc2s1)c1ccc(F)cc1. The summed E-state index contributed by atoms with van der Waals surface area (Å²) in [6.45, 7) is 0. The van der Waals surface area contributed by atoms with E-state index in [1.807, 2.05) is 12.1 Å². The third-order valence-corrected chi connectivity index (χ3v) is 8.74. The number of imide groups is 1. The number of carbonyl (C=O) groups is 3. The van der Waals surface area contributed by atoms with Crippen LogP contribution in [0.15, 0.2) is 59.0 Å². The molecule has 0 radical (unpaired) electrons. The number of ketones is 1. The van der Waals surface area contributed by atoms with Crippen LogP contribution in [-0.2, 0) is 9.59 Å². The third kappa shape index (κ3) is 3.04. The molecule has 1 aromatic heterocycles. The van der Waals surface area contributed by atoms with Gasteiger partial charge in [-0.05, 0) is 60.7 Å². The zero-order valence-corrected chi connectivity index (χ0v) is 18.4. The van der Waals surface area contributed by atoms with Crippen molar-refractivity contribution in [2.75, 3.05) is 10.7 Å². The first-order valence-corrected chi connectivity index (χ1v) is 12.2. The Labute approximate surface area is 191 Å². The minimum Gasteiger partial charge on any atom is -0.293 e. The Bertz CT molecular complexity index is 1290. The first-order chi connectivity index (χ1) is 15.5. The van der Waals surface area contributed by atoms with Gasteiger partial charge in [-0.1, -0.05) is 23.9 Å². The number of carbonyl (C=O) groups excluding carboxylic acids is 3. The van der Waals surface area contributed by atoms with Gasteiger partial charge < -0.3 is 0 Å². The highest BCUT2D eigenvalue weighted by Crippen LogP contribution is 2.53. The molecule has 6 rings (SSSR count). The average Bonchev–Trinajstić information content (AvgIpc) is 3.55. The number of fused-ring (bicyclic) bond motifs is 6. The van der Waals surface area contributed by atoms with E-state index in [2.05, 4.69) is 17.1 Å². The highest BCUT2D eigenvalue weighted by molar-refractivity contribution is 8.01. The van der Waals surface area contributed by atoms with Gasteiger partial charge in [-0.25, -0.2) is 14.3 Å². The Morgan fingerprint density at radius 3 is 2.44 bits per heavy atom. The van der Waals surface area contributed by atoms with Crippen LogP contribution >= 0.6 is 23.1 Å². The predicted octanol–water partition coefficient (Wildman–Crippen LogP) is 4.72. The number of anilines is 1. The summed E-state index contributed by atoms with van der Waals surface area (Å²) in [5.41, 5.74) is 1.81. The van der Waals surface area contributed by atoms with E-state index in [1.165, 1.54) is 52.3 Å². The molecule has 2 aromatic carbocycles. The van der Waals surface area contributed by atoms with Crippen LogP contribution in [0.1, 0.15) is 16.8 Å². The van der Waals surface area contributed by atoms with E-state index < -0.39 is 0 Å². The quantitative estimate of drug-likeness (QED) is 0.237. The number of amides is 2. The molecule has 160 valence electrons. The second-order valence-electron chi connectivity index (χ2n) is 8.36. The monoisotopic (exact) mass is 464 g/mol. The summed E-state index contributed by atoms with van der Waals surface area (Å²) >= 11 is 2.75. The van der Waals surface area contributed by atoms with E-state index in [4.69, 9.17) is 0 Å². The van der Waals surface area contributed by atoms with Crippen molar-refractivity contribution >= 4 is 56.6 Å². The van der Waals surface area contributed by atoms with Gasteiger partial charge in [-0.15, -0.1) is 11.3 Å². The number of allylic oxidation sites excluding steroid dienone is 2. The fourth-order valence-electron chi connectivity index (χ4n) is 5.10. The molecule has 32 heavy (non-hydrogen) atoms. The molecule has 4 atom stereocenters. The lowest BCUT2D eigenvalue weighted by Gasteiger charge is -2.17. The third-order valence-electron chi connectivity index (χ3n) is 6.57. The van der Waals surface area contributed by atoms with E-state index in [-0.39, 0.29) is 52.8 Å². The highest BCUT2D eigenvalue weighted by Gasteiger charge is 2.59. The number of thiazole rings is 1. The molecule has 3 aromatic rings. The molecule has 3 aliphatic rings. The number of halogens is 1. The van der Waals surface area contributed by atoms with Gasteiger partial charge in [0.2, 0.25) is 11.8 Å². The summed E-state index contributed by atoms with van der Waals surface area (Å²) in [5, 5.41) is 0. The molecule has 2 aliphatic carbocycles. The maximum absolute atomic E-state index is 13.1. The van der Waals surface area contributed by atoms with Crippen molar-refractivity contribution in [2.45, 2.75) is 10.8 Å². The molecule has 1 saturated heterocycles. The van der Waals surface area contributed by atoms with E-state index in [0.717, 1.165) is 21.0 Å². The van der Waals surface area contributed by atoms with Crippen molar-refractivity contribution in [1.29, 1.82) is 0 Å². The van der Waals surface area contributed by atoms with Crippen molar-refractivity contribution in [3.63, 3.8) is 0 Å². The Morgan fingerprint density at radius 2 is 1.75 bits per heavy atom. The van der Waals surface area contributed by atoms with E-state index in [9.17, 15) is 18.8 Å². The largest absolute Gasteiger partial charge is 0.293 e. The zero-order chi connectivity index (χ0) is 22.0. The fraction of sp³-hybridized carbons (Fsp3) is 0.250. The Kier molecular flexibility index (Phi) is 4.55. The average molecular weight is 465 g/mol. The smallest absolute Gasteiger partial charge is 0.238 e. The van der Waals surface area contributed by atoms with Crippen molar-refractivity contribution in [2.24, 2.45) is 23.7 Å². The molecule has 5 nitrogen and oxygen atoms in total. The van der Waals surface area contributed by atoms with Crippen molar-refractivity contribution in [3.05, 3.63) is 66.0 Å². The van der Waals surface area contributed by atoms with Gasteiger partial charge in [0.05, 0.1) is 33.5 Å². The van der Waals surface area contributed by atoms with Gasteiger partial charge in [-0.3, -0.25) is 14.4 Å².